The molecule has 118 valence electrons. The van der Waals surface area contributed by atoms with E-state index in [9.17, 15) is 17.4 Å². The number of carbonyl (C=O) groups is 1. The van der Waals surface area contributed by atoms with Crippen molar-refractivity contribution in [2.75, 3.05) is 19.1 Å². The van der Waals surface area contributed by atoms with Crippen LogP contribution in [-0.4, -0.2) is 43.7 Å². The van der Waals surface area contributed by atoms with Crippen LogP contribution < -0.4 is 15.2 Å². The number of sulfonamides is 1. The van der Waals surface area contributed by atoms with Crippen LogP contribution in [0, 0.1) is 0 Å². The van der Waals surface area contributed by atoms with E-state index in [1.807, 2.05) is 0 Å². The van der Waals surface area contributed by atoms with Crippen molar-refractivity contribution in [3.8, 4) is 5.75 Å². The molecule has 0 radical (unpaired) electrons. The predicted molar refractivity (Wildman–Crippen MR) is 80.2 cm³/mol. The minimum Gasteiger partial charge on any atom is -0.496 e. The van der Waals surface area contributed by atoms with E-state index in [4.69, 9.17) is 9.88 Å². The Kier molecular flexibility index (Phi) is 5.87. The first kappa shape index (κ1) is 17.6. The van der Waals surface area contributed by atoms with Gasteiger partial charge in [0.2, 0.25) is 10.0 Å². The van der Waals surface area contributed by atoms with Crippen LogP contribution in [0.1, 0.15) is 17.3 Å². The van der Waals surface area contributed by atoms with Crippen LogP contribution in [0.15, 0.2) is 23.1 Å². The maximum absolute atomic E-state index is 12.2. The molecule has 3 N–H and O–H groups in total. The van der Waals surface area contributed by atoms with E-state index in [-0.39, 0.29) is 22.3 Å². The molecule has 0 aliphatic rings. The van der Waals surface area contributed by atoms with E-state index in [1.54, 1.807) is 6.92 Å². The highest BCUT2D eigenvalue weighted by atomic mass is 32.2. The molecule has 21 heavy (non-hydrogen) atoms. The van der Waals surface area contributed by atoms with E-state index in [2.05, 4.69) is 5.32 Å². The van der Waals surface area contributed by atoms with Crippen molar-refractivity contribution in [3.63, 3.8) is 0 Å². The fourth-order valence-corrected chi connectivity index (χ4v) is 3.06. The van der Waals surface area contributed by atoms with Crippen LogP contribution in [0.25, 0.3) is 0 Å². The number of benzene rings is 1. The first-order chi connectivity index (χ1) is 9.65. The molecule has 1 amide bonds. The van der Waals surface area contributed by atoms with Crippen LogP contribution >= 0.6 is 0 Å². The number of methoxy groups -OCH3 is 1. The van der Waals surface area contributed by atoms with Crippen molar-refractivity contribution in [1.29, 1.82) is 0 Å². The van der Waals surface area contributed by atoms with Crippen LogP contribution in [0.5, 0.6) is 5.75 Å². The SMILES string of the molecule is COc1ccc(S(N)(=O)=O)cc1C(=O)NC(C)CS(C)=O. The van der Waals surface area contributed by atoms with E-state index < -0.39 is 26.7 Å². The molecule has 2 atom stereocenters. The van der Waals surface area contributed by atoms with Gasteiger partial charge in [0.05, 0.1) is 17.6 Å². The van der Waals surface area contributed by atoms with Gasteiger partial charge in [-0.3, -0.25) is 9.00 Å². The van der Waals surface area contributed by atoms with Gasteiger partial charge in [-0.15, -0.1) is 0 Å². The lowest BCUT2D eigenvalue weighted by Gasteiger charge is -2.14. The van der Waals surface area contributed by atoms with Gasteiger partial charge in [0.15, 0.2) is 0 Å². The number of nitrogens with two attached hydrogens (primary N) is 1. The van der Waals surface area contributed by atoms with Crippen LogP contribution in [0.3, 0.4) is 0 Å². The monoisotopic (exact) mass is 334 g/mol. The van der Waals surface area contributed by atoms with Crippen LogP contribution in [0.4, 0.5) is 0 Å². The number of amides is 1. The molecule has 0 saturated heterocycles. The second kappa shape index (κ2) is 7.01. The molecular formula is C12H18N2O5S2. The molecule has 7 nitrogen and oxygen atoms in total. The van der Waals surface area contributed by atoms with Gasteiger partial charge in [-0.05, 0) is 25.1 Å². The Bertz CT molecular complexity index is 658. The minimum atomic E-state index is -3.92. The Labute approximate surface area is 126 Å². The molecule has 0 bridgehead atoms. The van der Waals surface area contributed by atoms with E-state index in [1.165, 1.54) is 25.5 Å². The molecule has 9 heteroatoms. The Balaban J connectivity index is 3.09. The van der Waals surface area contributed by atoms with Crippen molar-refractivity contribution in [3.05, 3.63) is 23.8 Å². The van der Waals surface area contributed by atoms with Gasteiger partial charge < -0.3 is 10.1 Å². The number of nitrogens with one attached hydrogen (secondary N) is 1. The highest BCUT2D eigenvalue weighted by Crippen LogP contribution is 2.22. The van der Waals surface area contributed by atoms with Crippen molar-refractivity contribution >= 4 is 26.7 Å². The fraction of sp³-hybridized carbons (Fsp3) is 0.417. The second-order valence-electron chi connectivity index (χ2n) is 4.52. The molecular weight excluding hydrogens is 316 g/mol. The normalized spacial score (nSPS) is 14.3. The molecule has 0 heterocycles. The Hall–Kier alpha value is -1.45. The summed E-state index contributed by atoms with van der Waals surface area (Å²) in [7, 11) is -3.60. The predicted octanol–water partition coefficient (Wildman–Crippen LogP) is -0.161. The molecule has 0 saturated carbocycles. The van der Waals surface area contributed by atoms with Crippen molar-refractivity contribution < 1.29 is 22.2 Å². The summed E-state index contributed by atoms with van der Waals surface area (Å²) in [5.41, 5.74) is 0.0535. The van der Waals surface area contributed by atoms with Gasteiger partial charge >= 0.3 is 0 Å². The summed E-state index contributed by atoms with van der Waals surface area (Å²) < 4.78 is 38.8. The highest BCUT2D eigenvalue weighted by Gasteiger charge is 2.19. The van der Waals surface area contributed by atoms with Gasteiger partial charge in [-0.2, -0.15) is 0 Å². The van der Waals surface area contributed by atoms with Gasteiger partial charge in [0, 0.05) is 28.9 Å². The summed E-state index contributed by atoms with van der Waals surface area (Å²) in [6, 6.07) is 3.44. The summed E-state index contributed by atoms with van der Waals surface area (Å²) in [5.74, 6) is 0.00293. The molecule has 0 aliphatic carbocycles. The number of carbonyl (C=O) groups excluding carboxylic acids is 1. The second-order valence-corrected chi connectivity index (χ2v) is 7.56. The first-order valence-electron chi connectivity index (χ1n) is 5.97. The smallest absolute Gasteiger partial charge is 0.255 e. The van der Waals surface area contributed by atoms with Crippen molar-refractivity contribution in [2.45, 2.75) is 17.9 Å². The third-order valence-corrected chi connectivity index (χ3v) is 4.49. The zero-order valence-electron chi connectivity index (χ0n) is 12.0. The van der Waals surface area contributed by atoms with Crippen molar-refractivity contribution in [1.82, 2.24) is 5.32 Å². The summed E-state index contributed by atoms with van der Waals surface area (Å²) in [6.07, 6.45) is 1.53. The number of hydrogen-bond acceptors (Lipinski definition) is 5. The van der Waals surface area contributed by atoms with Crippen LogP contribution in [-0.2, 0) is 20.8 Å². The molecule has 0 aromatic heterocycles. The number of hydrogen-bond donors (Lipinski definition) is 2. The topological polar surface area (TPSA) is 116 Å². The number of ether oxygens (including phenoxy) is 1. The molecule has 0 spiro atoms. The van der Waals surface area contributed by atoms with Gasteiger partial charge in [0.1, 0.15) is 5.75 Å². The third kappa shape index (κ3) is 5.10. The van der Waals surface area contributed by atoms with Gasteiger partial charge in [0.25, 0.3) is 5.91 Å². The summed E-state index contributed by atoms with van der Waals surface area (Å²) >= 11 is 0. The molecule has 1 aromatic rings. The lowest BCUT2D eigenvalue weighted by atomic mass is 10.2. The van der Waals surface area contributed by atoms with E-state index >= 15 is 0 Å². The Morgan fingerprint density at radius 2 is 2.10 bits per heavy atom. The lowest BCUT2D eigenvalue weighted by molar-refractivity contribution is 0.0940. The lowest BCUT2D eigenvalue weighted by Crippen LogP contribution is -2.36. The third-order valence-electron chi connectivity index (χ3n) is 2.61. The quantitative estimate of drug-likeness (QED) is 0.750. The zero-order chi connectivity index (χ0) is 16.2. The number of rotatable bonds is 6. The maximum Gasteiger partial charge on any atom is 0.255 e. The minimum absolute atomic E-state index is 0.0535. The Morgan fingerprint density at radius 1 is 1.48 bits per heavy atom. The van der Waals surface area contributed by atoms with Crippen molar-refractivity contribution in [2.24, 2.45) is 5.14 Å². The van der Waals surface area contributed by atoms with E-state index in [0.29, 0.717) is 5.75 Å². The molecule has 1 rings (SSSR count). The summed E-state index contributed by atoms with van der Waals surface area (Å²) in [5, 5.41) is 7.68. The summed E-state index contributed by atoms with van der Waals surface area (Å²) in [4.78, 5) is 12.0. The van der Waals surface area contributed by atoms with Crippen LogP contribution in [0.2, 0.25) is 0 Å². The standard InChI is InChI=1S/C12H18N2O5S2/c1-8(7-20(3)16)14-12(15)10-6-9(21(13,17)18)4-5-11(10)19-2/h4-6,8H,7H2,1-3H3,(H,14,15)(H2,13,17,18). The molecule has 1 aromatic carbocycles. The first-order valence-corrected chi connectivity index (χ1v) is 9.24. The largest absolute Gasteiger partial charge is 0.496 e. The fourth-order valence-electron chi connectivity index (χ4n) is 1.74. The average Bonchev–Trinajstić information content (AvgIpc) is 2.35. The van der Waals surface area contributed by atoms with Gasteiger partial charge in [-0.1, -0.05) is 0 Å². The zero-order valence-corrected chi connectivity index (χ0v) is 13.6. The highest BCUT2D eigenvalue weighted by molar-refractivity contribution is 7.89. The van der Waals surface area contributed by atoms with E-state index in [0.717, 1.165) is 6.07 Å². The maximum atomic E-state index is 12.2. The van der Waals surface area contributed by atoms with Gasteiger partial charge in [-0.25, -0.2) is 13.6 Å². The molecule has 2 unspecified atom stereocenters. The average molecular weight is 334 g/mol. The molecule has 0 aliphatic heterocycles. The summed E-state index contributed by atoms with van der Waals surface area (Å²) in [6.45, 7) is 1.70. The Morgan fingerprint density at radius 3 is 2.57 bits per heavy atom. The molecule has 0 fully saturated rings. The number of primary sulfonamides is 1.